The van der Waals surface area contributed by atoms with Gasteiger partial charge in [0.15, 0.2) is 0 Å². The van der Waals surface area contributed by atoms with Gasteiger partial charge in [-0.15, -0.1) is 0 Å². The minimum atomic E-state index is -0.875. The van der Waals surface area contributed by atoms with Crippen molar-refractivity contribution in [3.63, 3.8) is 0 Å². The Bertz CT molecular complexity index is 1790. The summed E-state index contributed by atoms with van der Waals surface area (Å²) < 4.78 is 0. The van der Waals surface area contributed by atoms with E-state index in [1.807, 2.05) is 85.1 Å². The van der Waals surface area contributed by atoms with Crippen molar-refractivity contribution < 1.29 is 9.59 Å². The van der Waals surface area contributed by atoms with Crippen LogP contribution < -0.4 is 4.90 Å². The third-order valence-electron chi connectivity index (χ3n) is 8.87. The molecule has 0 saturated carbocycles. The second-order valence-electron chi connectivity index (χ2n) is 10.6. The first-order chi connectivity index (χ1) is 19.2. The van der Waals surface area contributed by atoms with Crippen molar-refractivity contribution in [2.24, 2.45) is 16.8 Å². The number of anilines is 1. The minimum Gasteiger partial charge on any atom is -0.274 e. The Hall–Kier alpha value is -4.83. The first-order valence-corrected chi connectivity index (χ1v) is 13.3. The molecule has 5 aromatic rings. The highest BCUT2D eigenvalue weighted by Crippen LogP contribution is 2.63. The predicted octanol–water partition coefficient (Wildman–Crippen LogP) is 6.79. The zero-order chi connectivity index (χ0) is 26.1. The Balaban J connectivity index is 1.42. The van der Waals surface area contributed by atoms with Crippen LogP contribution in [0.5, 0.6) is 0 Å². The number of hydrogen-bond donors (Lipinski definition) is 0. The number of carbonyl (C=O) groups is 2. The molecule has 1 fully saturated rings. The van der Waals surface area contributed by atoms with Crippen LogP contribution in [0.1, 0.15) is 28.2 Å². The standard InChI is InChI=1S/C35H24N2O2/c38-33-31-30-25-16-6-8-18-27(25)35(28-19-9-7-17-26(28)30,32(31)34(39)37(33)23-13-2-1-3-14-23)21-36-29-20-10-12-22-11-4-5-15-24(22)29/h1-21,30-32H/t30?,31-,32+,35?/m1/s1. The van der Waals surface area contributed by atoms with E-state index in [0.717, 1.165) is 38.7 Å². The number of aliphatic imine (C=N–C) groups is 1. The van der Waals surface area contributed by atoms with Crippen LogP contribution in [0, 0.1) is 11.8 Å². The number of carbonyl (C=O) groups excluding carboxylic acids is 2. The van der Waals surface area contributed by atoms with E-state index in [9.17, 15) is 9.59 Å². The van der Waals surface area contributed by atoms with Crippen LogP contribution in [-0.2, 0) is 15.0 Å². The highest BCUT2D eigenvalue weighted by atomic mass is 16.2. The molecule has 1 aliphatic heterocycles. The molecule has 4 aliphatic rings. The molecule has 1 saturated heterocycles. The molecule has 3 aliphatic carbocycles. The third kappa shape index (κ3) is 2.86. The first-order valence-electron chi connectivity index (χ1n) is 13.3. The van der Waals surface area contributed by atoms with Crippen molar-refractivity contribution in [3.8, 4) is 0 Å². The Morgan fingerprint density at radius 3 is 2.00 bits per heavy atom. The third-order valence-corrected chi connectivity index (χ3v) is 8.87. The number of imide groups is 1. The molecule has 0 aromatic heterocycles. The summed E-state index contributed by atoms with van der Waals surface area (Å²) in [6.07, 6.45) is 1.97. The fourth-order valence-electron chi connectivity index (χ4n) is 7.37. The van der Waals surface area contributed by atoms with Crippen molar-refractivity contribution in [2.75, 3.05) is 4.90 Å². The Morgan fingerprint density at radius 1 is 0.641 bits per heavy atom. The number of para-hydroxylation sites is 1. The fraction of sp³-hybridized carbons (Fsp3) is 0.114. The molecule has 4 heteroatoms. The number of benzene rings is 5. The van der Waals surface area contributed by atoms with Gasteiger partial charge in [-0.2, -0.15) is 0 Å². The predicted molar refractivity (Wildman–Crippen MR) is 154 cm³/mol. The first kappa shape index (κ1) is 22.2. The van der Waals surface area contributed by atoms with Gasteiger partial charge in [0.05, 0.1) is 28.6 Å². The number of fused-ring (bicyclic) bond motifs is 1. The monoisotopic (exact) mass is 504 g/mol. The van der Waals surface area contributed by atoms with E-state index in [1.165, 1.54) is 4.90 Å². The molecule has 1 heterocycles. The van der Waals surface area contributed by atoms with Crippen LogP contribution in [0.15, 0.2) is 126 Å². The van der Waals surface area contributed by atoms with Gasteiger partial charge in [-0.3, -0.25) is 14.6 Å². The van der Waals surface area contributed by atoms with Gasteiger partial charge in [0.2, 0.25) is 11.8 Å². The number of amides is 2. The van der Waals surface area contributed by atoms with Gasteiger partial charge < -0.3 is 0 Å². The minimum absolute atomic E-state index is 0.131. The lowest BCUT2D eigenvalue weighted by Gasteiger charge is -2.52. The van der Waals surface area contributed by atoms with E-state index < -0.39 is 17.3 Å². The van der Waals surface area contributed by atoms with Gasteiger partial charge in [-0.25, -0.2) is 4.90 Å². The molecular formula is C35H24N2O2. The Labute approximate surface area is 226 Å². The summed E-state index contributed by atoms with van der Waals surface area (Å²) in [6, 6.07) is 40.2. The van der Waals surface area contributed by atoms with E-state index in [4.69, 9.17) is 4.99 Å². The van der Waals surface area contributed by atoms with Gasteiger partial charge in [-0.1, -0.05) is 103 Å². The van der Waals surface area contributed by atoms with E-state index in [-0.39, 0.29) is 17.7 Å². The quantitative estimate of drug-likeness (QED) is 0.201. The summed E-state index contributed by atoms with van der Waals surface area (Å²) in [5.74, 6) is -1.55. The Kier molecular flexibility index (Phi) is 4.60. The second kappa shape index (κ2) is 8.08. The highest BCUT2D eigenvalue weighted by Gasteiger charge is 2.67. The van der Waals surface area contributed by atoms with Gasteiger partial charge in [0.1, 0.15) is 0 Å². The maximum Gasteiger partial charge on any atom is 0.239 e. The normalized spacial score (nSPS) is 24.7. The summed E-state index contributed by atoms with van der Waals surface area (Å²) in [5, 5.41) is 2.16. The van der Waals surface area contributed by atoms with Crippen molar-refractivity contribution in [2.45, 2.75) is 11.3 Å². The van der Waals surface area contributed by atoms with Crippen molar-refractivity contribution in [1.29, 1.82) is 0 Å². The van der Waals surface area contributed by atoms with Gasteiger partial charge in [-0.05, 0) is 45.8 Å². The summed E-state index contributed by atoms with van der Waals surface area (Å²) in [7, 11) is 0. The lowest BCUT2D eigenvalue weighted by molar-refractivity contribution is -0.122. The number of nitrogens with zero attached hydrogens (tertiary/aromatic N) is 2. The zero-order valence-corrected chi connectivity index (χ0v) is 21.1. The van der Waals surface area contributed by atoms with Crippen LogP contribution >= 0.6 is 0 Å². The highest BCUT2D eigenvalue weighted by molar-refractivity contribution is 6.25. The smallest absolute Gasteiger partial charge is 0.239 e. The molecule has 2 amide bonds. The van der Waals surface area contributed by atoms with Gasteiger partial charge in [0, 0.05) is 17.5 Å². The van der Waals surface area contributed by atoms with E-state index in [1.54, 1.807) is 0 Å². The average molecular weight is 505 g/mol. The van der Waals surface area contributed by atoms with Gasteiger partial charge in [0.25, 0.3) is 0 Å². The lowest BCUT2D eigenvalue weighted by Crippen LogP contribution is -2.54. The van der Waals surface area contributed by atoms with Crippen LogP contribution in [-0.4, -0.2) is 18.0 Å². The molecule has 0 unspecified atom stereocenters. The van der Waals surface area contributed by atoms with Crippen molar-refractivity contribution >= 4 is 40.2 Å². The summed E-state index contributed by atoms with van der Waals surface area (Å²) in [6.45, 7) is 0. The summed E-state index contributed by atoms with van der Waals surface area (Å²) in [5.41, 5.74) is 4.94. The maximum absolute atomic E-state index is 14.4. The van der Waals surface area contributed by atoms with E-state index in [0.29, 0.717) is 5.69 Å². The molecule has 0 N–H and O–H groups in total. The van der Waals surface area contributed by atoms with E-state index in [2.05, 4.69) is 42.5 Å². The van der Waals surface area contributed by atoms with Crippen LogP contribution in [0.3, 0.4) is 0 Å². The lowest BCUT2D eigenvalue weighted by atomic mass is 9.47. The van der Waals surface area contributed by atoms with Crippen LogP contribution in [0.4, 0.5) is 11.4 Å². The summed E-state index contributed by atoms with van der Waals surface area (Å²) >= 11 is 0. The molecule has 2 atom stereocenters. The van der Waals surface area contributed by atoms with Crippen molar-refractivity contribution in [3.05, 3.63) is 144 Å². The largest absolute Gasteiger partial charge is 0.274 e. The van der Waals surface area contributed by atoms with Crippen molar-refractivity contribution in [1.82, 2.24) is 0 Å². The Morgan fingerprint density at radius 2 is 1.26 bits per heavy atom. The molecule has 0 spiro atoms. The SMILES string of the molecule is O=C1[C@@H]2C3c4ccccc4C(C=Nc4cccc5ccccc45)(c4ccccc43)[C@@H]2C(=O)N1c1ccccc1. The maximum atomic E-state index is 14.4. The molecule has 9 rings (SSSR count). The fourth-order valence-corrected chi connectivity index (χ4v) is 7.37. The van der Waals surface area contributed by atoms with Gasteiger partial charge >= 0.3 is 0 Å². The topological polar surface area (TPSA) is 49.7 Å². The molecule has 0 radical (unpaired) electrons. The molecule has 4 nitrogen and oxygen atoms in total. The molecular weight excluding hydrogens is 480 g/mol. The molecule has 186 valence electrons. The average Bonchev–Trinajstić information content (AvgIpc) is 3.27. The van der Waals surface area contributed by atoms with E-state index >= 15 is 0 Å². The second-order valence-corrected chi connectivity index (χ2v) is 10.6. The van der Waals surface area contributed by atoms with Crippen LogP contribution in [0.25, 0.3) is 10.8 Å². The molecule has 39 heavy (non-hydrogen) atoms. The summed E-state index contributed by atoms with van der Waals surface area (Å²) in [4.78, 5) is 35.2. The van der Waals surface area contributed by atoms with Crippen LogP contribution in [0.2, 0.25) is 0 Å². The molecule has 5 aromatic carbocycles. The molecule has 2 bridgehead atoms. The zero-order valence-electron chi connectivity index (χ0n) is 21.1. The number of rotatable bonds is 3. The number of hydrogen-bond acceptors (Lipinski definition) is 3.